The van der Waals surface area contributed by atoms with Crippen LogP contribution in [0.3, 0.4) is 0 Å². The Morgan fingerprint density at radius 3 is 2.64 bits per heavy atom. The summed E-state index contributed by atoms with van der Waals surface area (Å²) < 4.78 is 4.92. The van der Waals surface area contributed by atoms with Crippen LogP contribution in [0.2, 0.25) is 0 Å². The Kier molecular flexibility index (Phi) is 7.09. The van der Waals surface area contributed by atoms with Gasteiger partial charge in [-0.1, -0.05) is 20.3 Å². The number of rotatable bonds is 5. The molecule has 0 radical (unpaired) electrons. The smallest absolute Gasteiger partial charge is 0.339 e. The monoisotopic (exact) mass is 410 g/mol. The number of halogens is 1. The van der Waals surface area contributed by atoms with Crippen LogP contribution in [0.4, 0.5) is 0 Å². The first-order valence-corrected chi connectivity index (χ1v) is 9.70. The molecule has 8 nitrogen and oxygen atoms in total. The molecular weight excluding hydrogens is 380 g/mol. The van der Waals surface area contributed by atoms with E-state index in [0.29, 0.717) is 25.4 Å². The lowest BCUT2D eigenvalue weighted by molar-refractivity contribution is -0.134. The Morgan fingerprint density at radius 1 is 1.32 bits per heavy atom. The molecule has 1 unspecified atom stereocenters. The topological polar surface area (TPSA) is 78.0 Å². The standard InChI is InChI=1S/C19H30N6O2.ClH/c1-13(2)10-24-19(27)25-16(8-6-7-9-17(25)21-24)18(26)22(4)11-15-12-23(5)20-14(15)3;/h12-13,16H,6-11H2,1-5H3;1H. The summed E-state index contributed by atoms with van der Waals surface area (Å²) >= 11 is 0. The van der Waals surface area contributed by atoms with Crippen molar-refractivity contribution in [2.75, 3.05) is 7.05 Å². The van der Waals surface area contributed by atoms with E-state index in [4.69, 9.17) is 0 Å². The van der Waals surface area contributed by atoms with E-state index in [1.54, 1.807) is 21.2 Å². The highest BCUT2D eigenvalue weighted by Gasteiger charge is 2.31. The molecule has 3 rings (SSSR count). The largest absolute Gasteiger partial charge is 0.346 e. The average molecular weight is 411 g/mol. The first-order chi connectivity index (χ1) is 12.8. The molecule has 0 aliphatic carbocycles. The van der Waals surface area contributed by atoms with Gasteiger partial charge in [-0.3, -0.25) is 14.0 Å². The number of carbonyl (C=O) groups excluding carboxylic acids is 1. The zero-order chi connectivity index (χ0) is 19.7. The number of amides is 1. The van der Waals surface area contributed by atoms with Crippen LogP contribution in [-0.2, 0) is 31.4 Å². The molecule has 0 fully saturated rings. The Morgan fingerprint density at radius 2 is 2.04 bits per heavy atom. The lowest BCUT2D eigenvalue weighted by Crippen LogP contribution is -2.39. The number of fused-ring (bicyclic) bond motifs is 1. The normalized spacial score (nSPS) is 16.4. The van der Waals surface area contributed by atoms with E-state index in [2.05, 4.69) is 24.0 Å². The highest BCUT2D eigenvalue weighted by Crippen LogP contribution is 2.24. The number of aromatic nitrogens is 5. The summed E-state index contributed by atoms with van der Waals surface area (Å²) in [5.41, 5.74) is 1.77. The summed E-state index contributed by atoms with van der Waals surface area (Å²) in [6, 6.07) is -0.474. The zero-order valence-electron chi connectivity index (χ0n) is 17.4. The third-order valence-electron chi connectivity index (χ3n) is 5.10. The molecule has 1 aliphatic heterocycles. The van der Waals surface area contributed by atoms with Gasteiger partial charge in [0.05, 0.1) is 5.69 Å². The van der Waals surface area contributed by atoms with Gasteiger partial charge >= 0.3 is 5.69 Å². The first-order valence-electron chi connectivity index (χ1n) is 9.70. The molecule has 0 bridgehead atoms. The van der Waals surface area contributed by atoms with Crippen LogP contribution < -0.4 is 5.69 Å². The van der Waals surface area contributed by atoms with Gasteiger partial charge < -0.3 is 4.90 Å². The third-order valence-corrected chi connectivity index (χ3v) is 5.10. The highest BCUT2D eigenvalue weighted by atomic mass is 35.5. The van der Waals surface area contributed by atoms with Gasteiger partial charge in [0.15, 0.2) is 0 Å². The van der Waals surface area contributed by atoms with Gasteiger partial charge in [0.25, 0.3) is 0 Å². The van der Waals surface area contributed by atoms with E-state index in [9.17, 15) is 9.59 Å². The van der Waals surface area contributed by atoms with Crippen LogP contribution in [0.5, 0.6) is 0 Å². The lowest BCUT2D eigenvalue weighted by Gasteiger charge is -2.23. The maximum Gasteiger partial charge on any atom is 0.346 e. The minimum absolute atomic E-state index is 0. The van der Waals surface area contributed by atoms with Crippen LogP contribution in [0.1, 0.15) is 56.2 Å². The van der Waals surface area contributed by atoms with Crippen LogP contribution in [0, 0.1) is 12.8 Å². The molecule has 0 saturated heterocycles. The molecule has 9 heteroatoms. The number of likely N-dealkylation sites (N-methyl/N-ethyl adjacent to an activating group) is 1. The second-order valence-electron chi connectivity index (χ2n) is 8.01. The summed E-state index contributed by atoms with van der Waals surface area (Å²) in [4.78, 5) is 27.9. The highest BCUT2D eigenvalue weighted by molar-refractivity contribution is 5.85. The Labute approximate surface area is 171 Å². The van der Waals surface area contributed by atoms with Crippen LogP contribution in [0.25, 0.3) is 0 Å². The fourth-order valence-electron chi connectivity index (χ4n) is 3.79. The van der Waals surface area contributed by atoms with Gasteiger partial charge in [-0.05, 0) is 25.7 Å². The van der Waals surface area contributed by atoms with Gasteiger partial charge in [-0.2, -0.15) is 10.2 Å². The van der Waals surface area contributed by atoms with E-state index in [0.717, 1.165) is 36.3 Å². The van der Waals surface area contributed by atoms with Crippen molar-refractivity contribution in [3.63, 3.8) is 0 Å². The van der Waals surface area contributed by atoms with E-state index in [1.807, 2.05) is 20.2 Å². The van der Waals surface area contributed by atoms with E-state index in [1.165, 1.54) is 4.68 Å². The maximum atomic E-state index is 13.2. The van der Waals surface area contributed by atoms with Gasteiger partial charge in [-0.15, -0.1) is 12.4 Å². The van der Waals surface area contributed by atoms with E-state index >= 15 is 0 Å². The maximum absolute atomic E-state index is 13.2. The van der Waals surface area contributed by atoms with Crippen molar-refractivity contribution < 1.29 is 4.79 Å². The van der Waals surface area contributed by atoms with Crippen molar-refractivity contribution in [2.24, 2.45) is 13.0 Å². The molecule has 0 N–H and O–H groups in total. The van der Waals surface area contributed by atoms with Crippen LogP contribution in [-0.4, -0.2) is 42.0 Å². The quantitative estimate of drug-likeness (QED) is 0.756. The molecule has 156 valence electrons. The fourth-order valence-corrected chi connectivity index (χ4v) is 3.79. The molecule has 1 aliphatic rings. The van der Waals surface area contributed by atoms with Gasteiger partial charge in [0.2, 0.25) is 5.91 Å². The van der Waals surface area contributed by atoms with Crippen molar-refractivity contribution in [3.8, 4) is 0 Å². The number of hydrogen-bond acceptors (Lipinski definition) is 4. The van der Waals surface area contributed by atoms with Gasteiger partial charge in [0.1, 0.15) is 11.9 Å². The molecule has 0 aromatic carbocycles. The average Bonchev–Trinajstić information content (AvgIpc) is 2.97. The van der Waals surface area contributed by atoms with E-state index < -0.39 is 6.04 Å². The Bertz CT molecular complexity index is 882. The molecule has 0 saturated carbocycles. The van der Waals surface area contributed by atoms with Crippen LogP contribution in [0.15, 0.2) is 11.0 Å². The van der Waals surface area contributed by atoms with Crippen molar-refractivity contribution in [2.45, 2.75) is 65.6 Å². The van der Waals surface area contributed by atoms with Crippen molar-refractivity contribution in [3.05, 3.63) is 33.8 Å². The predicted molar refractivity (Wildman–Crippen MR) is 110 cm³/mol. The zero-order valence-corrected chi connectivity index (χ0v) is 18.2. The predicted octanol–water partition coefficient (Wildman–Crippen LogP) is 2.09. The fraction of sp³-hybridized carbons (Fsp3) is 0.684. The molecule has 1 amide bonds. The van der Waals surface area contributed by atoms with Gasteiger partial charge in [-0.25, -0.2) is 9.48 Å². The first kappa shape index (κ1) is 22.2. The second kappa shape index (κ2) is 8.94. The SMILES string of the molecule is Cc1nn(C)cc1CN(C)C(=O)C1CCCCc2nn(CC(C)C)c(=O)n21.Cl. The Hall–Kier alpha value is -2.09. The van der Waals surface area contributed by atoms with Crippen molar-refractivity contribution >= 4 is 18.3 Å². The number of hydrogen-bond donors (Lipinski definition) is 0. The molecule has 0 spiro atoms. The van der Waals surface area contributed by atoms with Crippen molar-refractivity contribution in [1.82, 2.24) is 29.0 Å². The molecule has 28 heavy (non-hydrogen) atoms. The molecular formula is C19H31ClN6O2. The minimum Gasteiger partial charge on any atom is -0.339 e. The molecule has 1 atom stereocenters. The summed E-state index contributed by atoms with van der Waals surface area (Å²) in [5.74, 6) is 1.03. The summed E-state index contributed by atoms with van der Waals surface area (Å²) in [6.45, 7) is 7.12. The van der Waals surface area contributed by atoms with E-state index in [-0.39, 0.29) is 24.0 Å². The summed E-state index contributed by atoms with van der Waals surface area (Å²) in [5, 5.41) is 8.87. The molecule has 2 aromatic rings. The van der Waals surface area contributed by atoms with Crippen LogP contribution >= 0.6 is 12.4 Å². The summed E-state index contributed by atoms with van der Waals surface area (Å²) in [6.07, 6.45) is 5.23. The molecule has 3 heterocycles. The number of carbonyl (C=O) groups is 1. The number of nitrogens with zero attached hydrogens (tertiary/aromatic N) is 6. The van der Waals surface area contributed by atoms with Crippen molar-refractivity contribution in [1.29, 1.82) is 0 Å². The number of aryl methyl sites for hydroxylation is 3. The second-order valence-corrected chi connectivity index (χ2v) is 8.01. The Balaban J connectivity index is 0.00000280. The lowest BCUT2D eigenvalue weighted by atomic mass is 10.1. The summed E-state index contributed by atoms with van der Waals surface area (Å²) in [7, 11) is 3.67. The minimum atomic E-state index is -0.474. The van der Waals surface area contributed by atoms with Gasteiger partial charge in [0, 0.05) is 45.4 Å². The third kappa shape index (κ3) is 4.48. The molecule has 2 aromatic heterocycles.